The minimum absolute atomic E-state index is 0.0379. The number of phenols is 1. The summed E-state index contributed by atoms with van der Waals surface area (Å²) in [7, 11) is 0. The van der Waals surface area contributed by atoms with E-state index in [0.29, 0.717) is 33.0 Å². The van der Waals surface area contributed by atoms with E-state index < -0.39 is 6.04 Å². The zero-order valence-corrected chi connectivity index (χ0v) is 20.4. The Kier molecular flexibility index (Phi) is 7.19. The van der Waals surface area contributed by atoms with E-state index in [4.69, 9.17) is 21.1 Å². The molecule has 0 spiro atoms. The molecular formula is C30H23ClN2O4. The molecule has 0 bridgehead atoms. The number of para-hydroxylation sites is 1. The number of rotatable bonds is 8. The fourth-order valence-electron chi connectivity index (χ4n) is 3.99. The molecule has 7 heteroatoms. The Morgan fingerprint density at radius 3 is 2.24 bits per heavy atom. The van der Waals surface area contributed by atoms with Gasteiger partial charge in [0.25, 0.3) is 5.91 Å². The number of phenolic OH excluding ortho intramolecular Hbond substituents is 1. The molecule has 5 aromatic rings. The first-order valence-corrected chi connectivity index (χ1v) is 12.0. The van der Waals surface area contributed by atoms with Crippen molar-refractivity contribution in [3.05, 3.63) is 125 Å². The zero-order chi connectivity index (χ0) is 25.6. The Morgan fingerprint density at radius 2 is 1.51 bits per heavy atom. The molecule has 0 saturated carbocycles. The van der Waals surface area contributed by atoms with Gasteiger partial charge in [-0.05, 0) is 60.2 Å². The van der Waals surface area contributed by atoms with E-state index in [9.17, 15) is 9.90 Å². The molecule has 0 saturated heterocycles. The summed E-state index contributed by atoms with van der Waals surface area (Å²) in [6.45, 7) is -0.220. The van der Waals surface area contributed by atoms with E-state index in [1.54, 1.807) is 48.7 Å². The van der Waals surface area contributed by atoms with E-state index in [-0.39, 0.29) is 18.3 Å². The molecular weight excluding hydrogens is 488 g/mol. The van der Waals surface area contributed by atoms with Crippen molar-refractivity contribution in [1.82, 2.24) is 10.3 Å². The normalized spacial score (nSPS) is 11.6. The number of halogens is 1. The molecule has 1 heterocycles. The summed E-state index contributed by atoms with van der Waals surface area (Å²) in [6, 6.07) is 30.4. The number of pyridine rings is 1. The van der Waals surface area contributed by atoms with Gasteiger partial charge in [-0.3, -0.25) is 9.78 Å². The third-order valence-corrected chi connectivity index (χ3v) is 6.08. The smallest absolute Gasteiger partial charge is 0.258 e. The van der Waals surface area contributed by atoms with Gasteiger partial charge in [0.2, 0.25) is 0 Å². The third-order valence-electron chi connectivity index (χ3n) is 5.77. The minimum Gasteiger partial charge on any atom is -0.505 e. The Labute approximate surface area is 219 Å². The average Bonchev–Trinajstić information content (AvgIpc) is 2.94. The lowest BCUT2D eigenvalue weighted by Crippen LogP contribution is -2.33. The summed E-state index contributed by atoms with van der Waals surface area (Å²) in [6.07, 6.45) is 1.59. The first kappa shape index (κ1) is 24.2. The average molecular weight is 511 g/mol. The third kappa shape index (κ3) is 5.66. The number of nitrogens with one attached hydrogen (secondary N) is 1. The van der Waals surface area contributed by atoms with Crippen molar-refractivity contribution in [2.75, 3.05) is 6.61 Å². The number of carbonyl (C=O) groups is 1. The molecule has 6 nitrogen and oxygen atoms in total. The highest BCUT2D eigenvalue weighted by Gasteiger charge is 2.23. The van der Waals surface area contributed by atoms with Crippen LogP contribution in [0.1, 0.15) is 17.2 Å². The van der Waals surface area contributed by atoms with Crippen molar-refractivity contribution >= 4 is 28.4 Å². The van der Waals surface area contributed by atoms with Crippen molar-refractivity contribution in [2.24, 2.45) is 0 Å². The predicted molar refractivity (Wildman–Crippen MR) is 143 cm³/mol. The molecule has 0 aliphatic heterocycles. The summed E-state index contributed by atoms with van der Waals surface area (Å²) in [4.78, 5) is 17.2. The van der Waals surface area contributed by atoms with Gasteiger partial charge in [0.15, 0.2) is 6.61 Å². The van der Waals surface area contributed by atoms with Crippen LogP contribution >= 0.6 is 11.6 Å². The van der Waals surface area contributed by atoms with Gasteiger partial charge < -0.3 is 19.9 Å². The van der Waals surface area contributed by atoms with Gasteiger partial charge >= 0.3 is 0 Å². The maximum atomic E-state index is 13.0. The molecule has 1 amide bonds. The number of ether oxygens (including phenoxy) is 2. The van der Waals surface area contributed by atoms with E-state index in [1.807, 2.05) is 60.7 Å². The van der Waals surface area contributed by atoms with Gasteiger partial charge in [-0.15, -0.1) is 0 Å². The molecule has 0 radical (unpaired) electrons. The van der Waals surface area contributed by atoms with Crippen molar-refractivity contribution in [3.8, 4) is 23.0 Å². The zero-order valence-electron chi connectivity index (χ0n) is 19.7. The number of fused-ring (bicyclic) bond motifs is 1. The fourth-order valence-corrected chi connectivity index (χ4v) is 4.26. The Bertz CT molecular complexity index is 1510. The second-order valence-corrected chi connectivity index (χ2v) is 8.69. The maximum Gasteiger partial charge on any atom is 0.258 e. The molecule has 0 fully saturated rings. The lowest BCUT2D eigenvalue weighted by molar-refractivity contribution is -0.123. The Morgan fingerprint density at radius 1 is 0.865 bits per heavy atom. The first-order chi connectivity index (χ1) is 18.1. The van der Waals surface area contributed by atoms with Gasteiger partial charge in [0.1, 0.15) is 28.5 Å². The number of nitrogens with zero attached hydrogens (tertiary/aromatic N) is 1. The number of amides is 1. The fraction of sp³-hybridized carbons (Fsp3) is 0.0667. The van der Waals surface area contributed by atoms with Gasteiger partial charge in [0.05, 0.1) is 11.1 Å². The molecule has 0 aliphatic rings. The molecule has 5 rings (SSSR count). The van der Waals surface area contributed by atoms with Crippen molar-refractivity contribution in [1.29, 1.82) is 0 Å². The summed E-state index contributed by atoms with van der Waals surface area (Å²) in [5.74, 6) is 1.51. The Hall–Kier alpha value is -4.55. The maximum absolute atomic E-state index is 13.0. The van der Waals surface area contributed by atoms with Crippen LogP contribution in [-0.4, -0.2) is 22.6 Å². The highest BCUT2D eigenvalue weighted by atomic mass is 35.5. The summed E-state index contributed by atoms with van der Waals surface area (Å²) >= 11 is 6.51. The second kappa shape index (κ2) is 11.0. The van der Waals surface area contributed by atoms with Crippen LogP contribution in [-0.2, 0) is 4.79 Å². The number of aromatic nitrogens is 1. The van der Waals surface area contributed by atoms with Crippen LogP contribution in [0, 0.1) is 0 Å². The predicted octanol–water partition coefficient (Wildman–Crippen LogP) is 6.67. The monoisotopic (exact) mass is 510 g/mol. The minimum atomic E-state index is -0.664. The highest BCUT2D eigenvalue weighted by Crippen LogP contribution is 2.38. The molecule has 37 heavy (non-hydrogen) atoms. The van der Waals surface area contributed by atoms with Gasteiger partial charge in [-0.2, -0.15) is 0 Å². The molecule has 1 atom stereocenters. The van der Waals surface area contributed by atoms with Crippen LogP contribution in [0.15, 0.2) is 109 Å². The molecule has 2 N–H and O–H groups in total. The van der Waals surface area contributed by atoms with Crippen LogP contribution in [0.3, 0.4) is 0 Å². The standard InChI is InChI=1S/C30H23ClN2O4/c31-26-18-25(30(35)29-24(26)12-7-17-32-29)28(20-8-3-1-4-9-20)33-27(34)19-36-21-13-15-23(16-14-21)37-22-10-5-2-6-11-22/h1-18,28,35H,19H2,(H,33,34). The van der Waals surface area contributed by atoms with Crippen molar-refractivity contribution in [2.45, 2.75) is 6.04 Å². The van der Waals surface area contributed by atoms with Crippen LogP contribution < -0.4 is 14.8 Å². The topological polar surface area (TPSA) is 80.7 Å². The summed E-state index contributed by atoms with van der Waals surface area (Å²) < 4.78 is 11.5. The number of hydrogen-bond acceptors (Lipinski definition) is 5. The van der Waals surface area contributed by atoms with E-state index >= 15 is 0 Å². The van der Waals surface area contributed by atoms with Crippen LogP contribution in [0.2, 0.25) is 5.02 Å². The number of carbonyl (C=O) groups excluding carboxylic acids is 1. The quantitative estimate of drug-likeness (QED) is 0.243. The second-order valence-electron chi connectivity index (χ2n) is 8.28. The first-order valence-electron chi connectivity index (χ1n) is 11.6. The van der Waals surface area contributed by atoms with Gasteiger partial charge in [-0.25, -0.2) is 0 Å². The van der Waals surface area contributed by atoms with Crippen LogP contribution in [0.4, 0.5) is 0 Å². The molecule has 184 valence electrons. The van der Waals surface area contributed by atoms with Crippen molar-refractivity contribution in [3.63, 3.8) is 0 Å². The van der Waals surface area contributed by atoms with Gasteiger partial charge in [-0.1, -0.05) is 60.1 Å². The summed E-state index contributed by atoms with van der Waals surface area (Å²) in [5, 5.41) is 15.1. The summed E-state index contributed by atoms with van der Waals surface area (Å²) in [5.41, 5.74) is 1.59. The van der Waals surface area contributed by atoms with Gasteiger partial charge in [0, 0.05) is 17.1 Å². The molecule has 1 aromatic heterocycles. The van der Waals surface area contributed by atoms with E-state index in [2.05, 4.69) is 10.3 Å². The van der Waals surface area contributed by atoms with E-state index in [1.165, 1.54) is 0 Å². The lowest BCUT2D eigenvalue weighted by Gasteiger charge is -2.22. The van der Waals surface area contributed by atoms with E-state index in [0.717, 1.165) is 11.3 Å². The van der Waals surface area contributed by atoms with Crippen LogP contribution in [0.25, 0.3) is 10.9 Å². The number of benzene rings is 4. The molecule has 4 aromatic carbocycles. The largest absolute Gasteiger partial charge is 0.505 e. The number of hydrogen-bond donors (Lipinski definition) is 2. The molecule has 0 aliphatic carbocycles. The Balaban J connectivity index is 1.32. The SMILES string of the molecule is O=C(COc1ccc(Oc2ccccc2)cc1)NC(c1ccccc1)c1cc(Cl)c2cccnc2c1O. The van der Waals surface area contributed by atoms with Crippen molar-refractivity contribution < 1.29 is 19.4 Å². The highest BCUT2D eigenvalue weighted by molar-refractivity contribution is 6.35. The lowest BCUT2D eigenvalue weighted by atomic mass is 9.96. The van der Waals surface area contributed by atoms with Crippen LogP contribution in [0.5, 0.6) is 23.0 Å². The molecule has 1 unspecified atom stereocenters. The number of aromatic hydroxyl groups is 1.